The van der Waals surface area contributed by atoms with Crippen LogP contribution in [-0.2, 0) is 20.2 Å². The molecule has 0 atom stereocenters. The van der Waals surface area contributed by atoms with Crippen LogP contribution in [0.1, 0.15) is 0 Å². The van der Waals surface area contributed by atoms with Crippen LogP contribution in [-0.4, -0.2) is 13.3 Å². The summed E-state index contributed by atoms with van der Waals surface area (Å²) in [5.74, 6) is 0. The molecular formula is LiO3S2-. The van der Waals surface area contributed by atoms with Crippen molar-refractivity contribution in [1.29, 1.82) is 0 Å². The van der Waals surface area contributed by atoms with Crippen LogP contribution in [0.2, 0.25) is 0 Å². The molecule has 0 saturated carbocycles. The van der Waals surface area contributed by atoms with Crippen molar-refractivity contribution < 1.29 is 32.2 Å². The van der Waals surface area contributed by atoms with Crippen molar-refractivity contribution in [3.8, 4) is 0 Å². The van der Waals surface area contributed by atoms with Gasteiger partial charge in [-0.25, -0.2) is 0 Å². The monoisotopic (exact) mass is 119 g/mol. The summed E-state index contributed by atoms with van der Waals surface area (Å²) < 4.78 is 26.7. The zero-order valence-electron chi connectivity index (χ0n) is 3.04. The second-order valence-electron chi connectivity index (χ2n) is 0.408. The first-order chi connectivity index (χ1) is 2.00. The van der Waals surface area contributed by atoms with E-state index in [0.717, 1.165) is 0 Å². The van der Waals surface area contributed by atoms with E-state index in [-0.39, 0.29) is 18.9 Å². The van der Waals surface area contributed by atoms with Crippen LogP contribution >= 0.6 is 0 Å². The van der Waals surface area contributed by atoms with E-state index in [9.17, 15) is 0 Å². The molecule has 0 heterocycles. The van der Waals surface area contributed by atoms with Crippen LogP contribution in [0.3, 0.4) is 0 Å². The summed E-state index contributed by atoms with van der Waals surface area (Å²) in [6.45, 7) is 0. The van der Waals surface area contributed by atoms with Gasteiger partial charge in [0.25, 0.3) is 0 Å². The van der Waals surface area contributed by atoms with Crippen LogP contribution in [0.5, 0.6) is 0 Å². The Morgan fingerprint density at radius 1 is 1.50 bits per heavy atom. The zero-order valence-corrected chi connectivity index (χ0v) is 4.67. The molecule has 0 aliphatic carbocycles. The molecule has 0 spiro atoms. The number of hydrogen-bond donors (Lipinski definition) is 0. The maximum atomic E-state index is 8.89. The minimum absolute atomic E-state index is 0. The van der Waals surface area contributed by atoms with E-state index in [1.54, 1.807) is 0 Å². The maximum absolute atomic E-state index is 8.89. The first kappa shape index (κ1) is 9.99. The first-order valence-corrected chi connectivity index (χ1v) is 3.00. The van der Waals surface area contributed by atoms with Gasteiger partial charge in [-0.3, -0.25) is 4.21 Å². The predicted molar refractivity (Wildman–Crippen MR) is 17.1 cm³/mol. The smallest absolute Gasteiger partial charge is 0.780 e. The van der Waals surface area contributed by atoms with Gasteiger partial charge in [0.05, 0.1) is 0 Å². The van der Waals surface area contributed by atoms with Crippen LogP contribution in [0.15, 0.2) is 0 Å². The topological polar surface area (TPSA) is 63.2 Å². The van der Waals surface area contributed by atoms with Crippen molar-refractivity contribution in [2.75, 3.05) is 0 Å². The Morgan fingerprint density at radius 3 is 1.50 bits per heavy atom. The van der Waals surface area contributed by atoms with Gasteiger partial charge < -0.3 is 9.11 Å². The molecule has 6 heavy (non-hydrogen) atoms. The van der Waals surface area contributed by atoms with Gasteiger partial charge in [-0.2, -0.15) is 0 Å². The fourth-order valence-corrected chi connectivity index (χ4v) is 0. The average molecular weight is 119 g/mol. The Bertz CT molecular complexity index is 92.0. The summed E-state index contributed by atoms with van der Waals surface area (Å²) in [5.41, 5.74) is 0. The summed E-state index contributed by atoms with van der Waals surface area (Å²) in [4.78, 5) is 0. The summed E-state index contributed by atoms with van der Waals surface area (Å²) in [6, 6.07) is 0. The zero-order chi connectivity index (χ0) is 4.50. The van der Waals surface area contributed by atoms with Gasteiger partial charge in [-0.15, -0.1) is 9.05 Å². The number of hydrogen-bond acceptors (Lipinski definition) is 4. The summed E-state index contributed by atoms with van der Waals surface area (Å²) in [6.07, 6.45) is 0. The van der Waals surface area contributed by atoms with Gasteiger partial charge in [-0.1, -0.05) is 0 Å². The van der Waals surface area contributed by atoms with E-state index < -0.39 is 9.05 Å². The Balaban J connectivity index is 0. The molecule has 32 valence electrons. The Kier molecular flexibility index (Phi) is 4.94. The van der Waals surface area contributed by atoms with Crippen LogP contribution in [0.25, 0.3) is 0 Å². The standard InChI is InChI=1S/Li.H2O3S2/c;1-5(2,3)4/h;(H2,1,2,3,4)/q+1;/p-2. The Morgan fingerprint density at radius 2 is 1.50 bits per heavy atom. The van der Waals surface area contributed by atoms with E-state index >= 15 is 0 Å². The van der Waals surface area contributed by atoms with Crippen molar-refractivity contribution >= 4 is 20.2 Å². The molecule has 0 aromatic carbocycles. The Hall–Kier alpha value is 0.887. The summed E-state index contributed by atoms with van der Waals surface area (Å²) in [7, 11) is -4.33. The molecule has 0 rings (SSSR count). The molecule has 0 amide bonds. The van der Waals surface area contributed by atoms with E-state index in [2.05, 4.69) is 11.2 Å². The van der Waals surface area contributed by atoms with E-state index in [1.165, 1.54) is 0 Å². The van der Waals surface area contributed by atoms with Gasteiger partial charge in [0, 0.05) is 0 Å². The van der Waals surface area contributed by atoms with E-state index in [4.69, 9.17) is 13.3 Å². The molecule has 0 saturated heterocycles. The van der Waals surface area contributed by atoms with Crippen molar-refractivity contribution in [2.45, 2.75) is 0 Å². The SMILES string of the molecule is O=S([O-])([O-])=S.[Li+]. The molecular weight excluding hydrogens is 119 g/mol. The first-order valence-electron chi connectivity index (χ1n) is 0.667. The molecule has 0 aliphatic heterocycles. The maximum Gasteiger partial charge on any atom is 1.00 e. The van der Waals surface area contributed by atoms with Crippen molar-refractivity contribution in [3.63, 3.8) is 0 Å². The average Bonchev–Trinajstić information content (AvgIpc) is 0.722. The van der Waals surface area contributed by atoms with Gasteiger partial charge in [-0.05, 0) is 11.2 Å². The fraction of sp³-hybridized carbons (Fsp3) is 0. The van der Waals surface area contributed by atoms with Crippen LogP contribution in [0, 0.1) is 0 Å². The minimum atomic E-state index is -4.33. The molecule has 3 nitrogen and oxygen atoms in total. The summed E-state index contributed by atoms with van der Waals surface area (Å²) in [5, 5.41) is 0. The van der Waals surface area contributed by atoms with Crippen molar-refractivity contribution in [3.05, 3.63) is 0 Å². The minimum Gasteiger partial charge on any atom is -0.780 e. The second-order valence-corrected chi connectivity index (χ2v) is 2.45. The van der Waals surface area contributed by atoms with Gasteiger partial charge >= 0.3 is 18.9 Å². The molecule has 0 bridgehead atoms. The molecule has 0 unspecified atom stereocenters. The molecule has 0 aromatic heterocycles. The van der Waals surface area contributed by atoms with Crippen molar-refractivity contribution in [2.24, 2.45) is 0 Å². The van der Waals surface area contributed by atoms with Gasteiger partial charge in [0.2, 0.25) is 0 Å². The van der Waals surface area contributed by atoms with Crippen molar-refractivity contribution in [1.82, 2.24) is 0 Å². The van der Waals surface area contributed by atoms with Gasteiger partial charge in [0.15, 0.2) is 0 Å². The third-order valence-corrected chi connectivity index (χ3v) is 0. The molecule has 0 N–H and O–H groups in total. The third kappa shape index (κ3) is 93.8. The second kappa shape index (κ2) is 2.96. The molecule has 0 aliphatic rings. The molecule has 6 heteroatoms. The predicted octanol–water partition coefficient (Wildman–Crippen LogP) is -4.00. The Labute approximate surface area is 52.6 Å². The van der Waals surface area contributed by atoms with E-state index in [0.29, 0.717) is 0 Å². The van der Waals surface area contributed by atoms with Gasteiger partial charge in [0.1, 0.15) is 0 Å². The molecule has 0 fully saturated rings. The quantitative estimate of drug-likeness (QED) is 0.305. The number of rotatable bonds is 0. The van der Waals surface area contributed by atoms with Crippen LogP contribution < -0.4 is 18.9 Å². The third-order valence-electron chi connectivity index (χ3n) is 0. The summed E-state index contributed by atoms with van der Waals surface area (Å²) >= 11 is 3.24. The van der Waals surface area contributed by atoms with Crippen LogP contribution in [0.4, 0.5) is 0 Å². The normalized spacial score (nSPS) is 9.67. The largest absolute Gasteiger partial charge is 1.00 e. The molecule has 0 radical (unpaired) electrons. The molecule has 0 aromatic rings. The fourth-order valence-electron chi connectivity index (χ4n) is 0. The van der Waals surface area contributed by atoms with E-state index in [1.807, 2.05) is 0 Å².